The van der Waals surface area contributed by atoms with Gasteiger partial charge in [0.25, 0.3) is 0 Å². The first-order valence-corrected chi connectivity index (χ1v) is 7.71. The third-order valence-corrected chi connectivity index (χ3v) is 3.89. The van der Waals surface area contributed by atoms with Crippen molar-refractivity contribution in [2.75, 3.05) is 13.6 Å². The van der Waals surface area contributed by atoms with Crippen LogP contribution in [-0.4, -0.2) is 13.6 Å². The molecular formula is C19H25NO. The number of benzene rings is 2. The van der Waals surface area contributed by atoms with Gasteiger partial charge in [-0.25, -0.2) is 0 Å². The summed E-state index contributed by atoms with van der Waals surface area (Å²) in [6, 6.07) is 18.8. The summed E-state index contributed by atoms with van der Waals surface area (Å²) < 4.78 is 6.33. The van der Waals surface area contributed by atoms with Gasteiger partial charge in [0.15, 0.2) is 0 Å². The van der Waals surface area contributed by atoms with Crippen molar-refractivity contribution in [1.29, 1.82) is 0 Å². The molecule has 2 rings (SSSR count). The van der Waals surface area contributed by atoms with E-state index in [-0.39, 0.29) is 6.10 Å². The molecule has 2 aromatic rings. The Labute approximate surface area is 128 Å². The summed E-state index contributed by atoms with van der Waals surface area (Å²) >= 11 is 0. The molecule has 0 amide bonds. The molecule has 21 heavy (non-hydrogen) atoms. The van der Waals surface area contributed by atoms with E-state index in [9.17, 15) is 0 Å². The molecule has 0 saturated heterocycles. The zero-order valence-corrected chi connectivity index (χ0v) is 13.2. The molecule has 0 aromatic heterocycles. The first-order valence-electron chi connectivity index (χ1n) is 7.71. The number of likely N-dealkylation sites (N-methyl/N-ethyl adjacent to an activating group) is 1. The van der Waals surface area contributed by atoms with E-state index in [0.717, 1.165) is 18.7 Å². The number of hydrogen-bond donors (Lipinski definition) is 1. The minimum absolute atomic E-state index is 0.0291. The topological polar surface area (TPSA) is 21.3 Å². The molecule has 0 spiro atoms. The average Bonchev–Trinajstić information content (AvgIpc) is 2.55. The second kappa shape index (κ2) is 7.84. The van der Waals surface area contributed by atoms with Crippen molar-refractivity contribution < 1.29 is 4.74 Å². The van der Waals surface area contributed by atoms with E-state index >= 15 is 0 Å². The van der Waals surface area contributed by atoms with Gasteiger partial charge >= 0.3 is 0 Å². The molecule has 2 atom stereocenters. The predicted octanol–water partition coefficient (Wildman–Crippen LogP) is 4.54. The van der Waals surface area contributed by atoms with Crippen LogP contribution in [0.2, 0.25) is 0 Å². The minimum Gasteiger partial charge on any atom is -0.484 e. The zero-order valence-electron chi connectivity index (χ0n) is 13.2. The maximum atomic E-state index is 6.33. The molecule has 2 unspecified atom stereocenters. The predicted molar refractivity (Wildman–Crippen MR) is 88.9 cm³/mol. The monoisotopic (exact) mass is 283 g/mol. The van der Waals surface area contributed by atoms with Gasteiger partial charge in [-0.3, -0.25) is 0 Å². The van der Waals surface area contributed by atoms with Gasteiger partial charge in [-0.2, -0.15) is 0 Å². The molecule has 1 N–H and O–H groups in total. The maximum Gasteiger partial charge on any atom is 0.136 e. The molecule has 0 radical (unpaired) electrons. The number of nitrogens with one attached hydrogen (secondary N) is 1. The number of hydrogen-bond acceptors (Lipinski definition) is 2. The molecule has 0 saturated carbocycles. The lowest BCUT2D eigenvalue weighted by Crippen LogP contribution is -2.22. The largest absolute Gasteiger partial charge is 0.484 e. The SMILES string of the molecule is CCC(C)c1ccccc1OC(CNC)c1ccccc1. The smallest absolute Gasteiger partial charge is 0.136 e. The lowest BCUT2D eigenvalue weighted by atomic mass is 9.97. The highest BCUT2D eigenvalue weighted by molar-refractivity contribution is 5.36. The van der Waals surface area contributed by atoms with E-state index < -0.39 is 0 Å². The van der Waals surface area contributed by atoms with Crippen molar-refractivity contribution in [3.63, 3.8) is 0 Å². The summed E-state index contributed by atoms with van der Waals surface area (Å²) in [6.45, 7) is 5.25. The Bertz CT molecular complexity index is 538. The number of para-hydroxylation sites is 1. The van der Waals surface area contributed by atoms with Gasteiger partial charge in [0.05, 0.1) is 0 Å². The van der Waals surface area contributed by atoms with Crippen LogP contribution in [0, 0.1) is 0 Å². The van der Waals surface area contributed by atoms with Crippen molar-refractivity contribution >= 4 is 0 Å². The maximum absolute atomic E-state index is 6.33. The summed E-state index contributed by atoms with van der Waals surface area (Å²) in [5.74, 6) is 1.50. The Balaban J connectivity index is 2.25. The normalized spacial score (nSPS) is 13.7. The van der Waals surface area contributed by atoms with E-state index in [1.165, 1.54) is 11.1 Å². The van der Waals surface area contributed by atoms with Gasteiger partial charge in [-0.15, -0.1) is 0 Å². The molecule has 0 heterocycles. The zero-order chi connectivity index (χ0) is 15.1. The van der Waals surface area contributed by atoms with Crippen LogP contribution in [0.5, 0.6) is 5.75 Å². The van der Waals surface area contributed by atoms with Gasteiger partial charge in [0, 0.05) is 6.54 Å². The lowest BCUT2D eigenvalue weighted by molar-refractivity contribution is 0.202. The van der Waals surface area contributed by atoms with Crippen LogP contribution < -0.4 is 10.1 Å². The molecule has 0 aliphatic rings. The van der Waals surface area contributed by atoms with Crippen LogP contribution >= 0.6 is 0 Å². The van der Waals surface area contributed by atoms with Crippen LogP contribution in [0.4, 0.5) is 0 Å². The van der Waals surface area contributed by atoms with Crippen LogP contribution in [0.15, 0.2) is 54.6 Å². The standard InChI is InChI=1S/C19H25NO/c1-4-15(2)17-12-8-9-13-18(17)21-19(14-20-3)16-10-6-5-7-11-16/h5-13,15,19-20H,4,14H2,1-3H3. The van der Waals surface area contributed by atoms with Gasteiger partial charge in [0.1, 0.15) is 11.9 Å². The van der Waals surface area contributed by atoms with Crippen molar-refractivity contribution in [3.05, 3.63) is 65.7 Å². The van der Waals surface area contributed by atoms with Crippen molar-refractivity contribution in [3.8, 4) is 5.75 Å². The average molecular weight is 283 g/mol. The number of rotatable bonds is 7. The van der Waals surface area contributed by atoms with Crippen molar-refractivity contribution in [1.82, 2.24) is 5.32 Å². The Hall–Kier alpha value is -1.80. The third-order valence-electron chi connectivity index (χ3n) is 3.89. The highest BCUT2D eigenvalue weighted by Crippen LogP contribution is 2.31. The van der Waals surface area contributed by atoms with Crippen molar-refractivity contribution in [2.24, 2.45) is 0 Å². The van der Waals surface area contributed by atoms with Gasteiger partial charge < -0.3 is 10.1 Å². The molecule has 0 aliphatic carbocycles. The Morgan fingerprint density at radius 1 is 1.00 bits per heavy atom. The van der Waals surface area contributed by atoms with Crippen LogP contribution in [0.3, 0.4) is 0 Å². The van der Waals surface area contributed by atoms with E-state index in [2.05, 4.69) is 61.6 Å². The van der Waals surface area contributed by atoms with Gasteiger partial charge in [0.2, 0.25) is 0 Å². The molecule has 0 fully saturated rings. The minimum atomic E-state index is 0.0291. The van der Waals surface area contributed by atoms with Gasteiger partial charge in [-0.1, -0.05) is 62.4 Å². The molecular weight excluding hydrogens is 258 g/mol. The summed E-state index contributed by atoms with van der Waals surface area (Å²) in [5, 5.41) is 3.22. The fourth-order valence-electron chi connectivity index (χ4n) is 2.45. The molecule has 0 aliphatic heterocycles. The summed E-state index contributed by atoms with van der Waals surface area (Å²) in [5.41, 5.74) is 2.49. The highest BCUT2D eigenvalue weighted by atomic mass is 16.5. The van der Waals surface area contributed by atoms with Crippen molar-refractivity contribution in [2.45, 2.75) is 32.3 Å². The van der Waals surface area contributed by atoms with Gasteiger partial charge in [-0.05, 0) is 36.6 Å². The fraction of sp³-hybridized carbons (Fsp3) is 0.368. The second-order valence-electron chi connectivity index (χ2n) is 5.42. The first-order chi connectivity index (χ1) is 10.3. The Morgan fingerprint density at radius 3 is 2.33 bits per heavy atom. The summed E-state index contributed by atoms with van der Waals surface area (Å²) in [7, 11) is 1.96. The Morgan fingerprint density at radius 2 is 1.67 bits per heavy atom. The van der Waals surface area contributed by atoms with E-state index in [1.807, 2.05) is 19.2 Å². The molecule has 0 bridgehead atoms. The fourth-order valence-corrected chi connectivity index (χ4v) is 2.45. The number of ether oxygens (including phenoxy) is 1. The molecule has 2 heteroatoms. The van der Waals surface area contributed by atoms with Crippen LogP contribution in [0.1, 0.15) is 43.4 Å². The van der Waals surface area contributed by atoms with E-state index in [4.69, 9.17) is 4.74 Å². The van der Waals surface area contributed by atoms with Crippen LogP contribution in [-0.2, 0) is 0 Å². The summed E-state index contributed by atoms with van der Waals surface area (Å²) in [6.07, 6.45) is 1.14. The molecule has 2 nitrogen and oxygen atoms in total. The second-order valence-corrected chi connectivity index (χ2v) is 5.42. The van der Waals surface area contributed by atoms with E-state index in [1.54, 1.807) is 0 Å². The first kappa shape index (κ1) is 15.6. The summed E-state index contributed by atoms with van der Waals surface area (Å²) in [4.78, 5) is 0. The quantitative estimate of drug-likeness (QED) is 0.805. The highest BCUT2D eigenvalue weighted by Gasteiger charge is 2.16. The molecule has 2 aromatic carbocycles. The third kappa shape index (κ3) is 4.08. The van der Waals surface area contributed by atoms with E-state index in [0.29, 0.717) is 5.92 Å². The Kier molecular flexibility index (Phi) is 5.82. The lowest BCUT2D eigenvalue weighted by Gasteiger charge is -2.23. The molecule has 112 valence electrons. The van der Waals surface area contributed by atoms with Crippen LogP contribution in [0.25, 0.3) is 0 Å².